The summed E-state index contributed by atoms with van der Waals surface area (Å²) in [6, 6.07) is 27.5. The third-order valence-corrected chi connectivity index (χ3v) is 4.69. The number of rotatable bonds is 8. The first-order valence-corrected chi connectivity index (χ1v) is 9.88. The van der Waals surface area contributed by atoms with Gasteiger partial charge in [0.15, 0.2) is 0 Å². The monoisotopic (exact) mass is 385 g/mol. The predicted molar refractivity (Wildman–Crippen MR) is 120 cm³/mol. The van der Waals surface area contributed by atoms with Crippen LogP contribution in [0.25, 0.3) is 0 Å². The molecule has 0 atom stereocenters. The topological polar surface area (TPSA) is 29.5 Å². The lowest BCUT2D eigenvalue weighted by molar-refractivity contribution is -0.139. The molecule has 148 valence electrons. The van der Waals surface area contributed by atoms with Crippen molar-refractivity contribution in [2.24, 2.45) is 0 Å². The molecule has 0 saturated heterocycles. The maximum absolute atomic E-state index is 11.4. The molecule has 0 aliphatic rings. The number of anilines is 3. The van der Waals surface area contributed by atoms with Gasteiger partial charge in [0.2, 0.25) is 0 Å². The fraction of sp³-hybridized carbons (Fsp3) is 0.192. The van der Waals surface area contributed by atoms with Crippen LogP contribution in [0.2, 0.25) is 0 Å². The second kappa shape index (κ2) is 9.74. The number of aryl methyl sites for hydroxylation is 2. The van der Waals surface area contributed by atoms with Gasteiger partial charge in [-0.05, 0) is 68.7 Å². The molecule has 0 bridgehead atoms. The first-order chi connectivity index (χ1) is 14.0. The lowest BCUT2D eigenvalue weighted by Gasteiger charge is -2.25. The second-order valence-electron chi connectivity index (χ2n) is 7.19. The van der Waals surface area contributed by atoms with Crippen LogP contribution >= 0.6 is 0 Å². The summed E-state index contributed by atoms with van der Waals surface area (Å²) in [7, 11) is 0. The van der Waals surface area contributed by atoms with E-state index in [1.807, 2.05) is 6.07 Å². The van der Waals surface area contributed by atoms with Gasteiger partial charge in [-0.1, -0.05) is 54.6 Å². The SMILES string of the molecule is C=C(C)C(=O)OCCCc1ccc(N(c2ccccc2)c2ccc(C)cc2)cc1. The maximum Gasteiger partial charge on any atom is 0.333 e. The molecule has 0 heterocycles. The minimum atomic E-state index is -0.322. The molecule has 0 unspecified atom stereocenters. The van der Waals surface area contributed by atoms with E-state index in [1.54, 1.807) is 6.92 Å². The van der Waals surface area contributed by atoms with Gasteiger partial charge in [0.25, 0.3) is 0 Å². The average Bonchev–Trinajstić information content (AvgIpc) is 2.74. The summed E-state index contributed by atoms with van der Waals surface area (Å²) in [5.74, 6) is -0.322. The largest absolute Gasteiger partial charge is 0.462 e. The van der Waals surface area contributed by atoms with Crippen molar-refractivity contribution < 1.29 is 9.53 Å². The van der Waals surface area contributed by atoms with E-state index in [9.17, 15) is 4.79 Å². The van der Waals surface area contributed by atoms with Gasteiger partial charge in [-0.15, -0.1) is 0 Å². The van der Waals surface area contributed by atoms with Crippen LogP contribution in [0.5, 0.6) is 0 Å². The van der Waals surface area contributed by atoms with Crippen LogP contribution in [-0.2, 0) is 16.0 Å². The third-order valence-electron chi connectivity index (χ3n) is 4.69. The predicted octanol–water partition coefficient (Wildman–Crippen LogP) is 6.52. The molecule has 0 amide bonds. The van der Waals surface area contributed by atoms with Crippen molar-refractivity contribution >= 4 is 23.0 Å². The number of hydrogen-bond acceptors (Lipinski definition) is 3. The summed E-state index contributed by atoms with van der Waals surface area (Å²) >= 11 is 0. The molecular weight excluding hydrogens is 358 g/mol. The van der Waals surface area contributed by atoms with Crippen molar-refractivity contribution in [1.82, 2.24) is 0 Å². The normalized spacial score (nSPS) is 10.4. The fourth-order valence-corrected chi connectivity index (χ4v) is 3.09. The van der Waals surface area contributed by atoms with E-state index in [2.05, 4.69) is 91.2 Å². The van der Waals surface area contributed by atoms with E-state index >= 15 is 0 Å². The highest BCUT2D eigenvalue weighted by Crippen LogP contribution is 2.34. The molecule has 0 aromatic heterocycles. The molecule has 3 aromatic rings. The van der Waals surface area contributed by atoms with Crippen LogP contribution in [0.1, 0.15) is 24.5 Å². The number of ether oxygens (including phenoxy) is 1. The summed E-state index contributed by atoms with van der Waals surface area (Å²) in [5.41, 5.74) is 6.25. The summed E-state index contributed by atoms with van der Waals surface area (Å²) in [6.45, 7) is 7.76. The highest BCUT2D eigenvalue weighted by Gasteiger charge is 2.12. The molecule has 0 N–H and O–H groups in total. The van der Waals surface area contributed by atoms with E-state index in [-0.39, 0.29) is 5.97 Å². The van der Waals surface area contributed by atoms with Gasteiger partial charge in [-0.2, -0.15) is 0 Å². The Hall–Kier alpha value is -3.33. The standard InChI is InChI=1S/C26H27NO2/c1-20(2)26(28)29-19-7-8-22-13-17-25(18-14-22)27(23-9-5-4-6-10-23)24-15-11-21(3)12-16-24/h4-6,9-18H,1,7-8,19H2,2-3H3. The molecule has 0 aliphatic heterocycles. The second-order valence-corrected chi connectivity index (χ2v) is 7.19. The summed E-state index contributed by atoms with van der Waals surface area (Å²) in [4.78, 5) is 13.7. The van der Waals surface area contributed by atoms with Gasteiger partial charge in [0.05, 0.1) is 6.61 Å². The molecule has 3 heteroatoms. The van der Waals surface area contributed by atoms with E-state index in [4.69, 9.17) is 4.74 Å². The van der Waals surface area contributed by atoms with Gasteiger partial charge in [-0.3, -0.25) is 0 Å². The fourth-order valence-electron chi connectivity index (χ4n) is 3.09. The third kappa shape index (κ3) is 5.58. The number of carbonyl (C=O) groups is 1. The number of nitrogens with zero attached hydrogens (tertiary/aromatic N) is 1. The number of benzene rings is 3. The zero-order chi connectivity index (χ0) is 20.6. The molecule has 0 fully saturated rings. The van der Waals surface area contributed by atoms with E-state index in [0.29, 0.717) is 12.2 Å². The van der Waals surface area contributed by atoms with Crippen LogP contribution in [0.15, 0.2) is 91.0 Å². The lowest BCUT2D eigenvalue weighted by atomic mass is 10.1. The highest BCUT2D eigenvalue weighted by molar-refractivity contribution is 5.86. The van der Waals surface area contributed by atoms with Crippen LogP contribution in [0, 0.1) is 6.92 Å². The summed E-state index contributed by atoms with van der Waals surface area (Å²) in [5, 5.41) is 0. The maximum atomic E-state index is 11.4. The van der Waals surface area contributed by atoms with E-state index in [1.165, 1.54) is 11.1 Å². The van der Waals surface area contributed by atoms with Gasteiger partial charge in [0, 0.05) is 22.6 Å². The number of para-hydroxylation sites is 1. The molecule has 3 aromatic carbocycles. The van der Waals surface area contributed by atoms with Crippen molar-refractivity contribution in [2.75, 3.05) is 11.5 Å². The number of hydrogen-bond donors (Lipinski definition) is 0. The van der Waals surface area contributed by atoms with Gasteiger partial charge >= 0.3 is 5.97 Å². The van der Waals surface area contributed by atoms with Crippen molar-refractivity contribution in [3.05, 3.63) is 102 Å². The molecule has 3 rings (SSSR count). The van der Waals surface area contributed by atoms with Gasteiger partial charge in [-0.25, -0.2) is 4.79 Å². The van der Waals surface area contributed by atoms with Crippen LogP contribution in [0.3, 0.4) is 0 Å². The van der Waals surface area contributed by atoms with Crippen LogP contribution < -0.4 is 4.90 Å². The Bertz CT molecular complexity index is 944. The summed E-state index contributed by atoms with van der Waals surface area (Å²) < 4.78 is 5.17. The Balaban J connectivity index is 1.73. The minimum Gasteiger partial charge on any atom is -0.462 e. The Labute approximate surface area is 173 Å². The van der Waals surface area contributed by atoms with Crippen LogP contribution in [-0.4, -0.2) is 12.6 Å². The van der Waals surface area contributed by atoms with Gasteiger partial charge < -0.3 is 9.64 Å². The van der Waals surface area contributed by atoms with Crippen molar-refractivity contribution in [1.29, 1.82) is 0 Å². The molecule has 29 heavy (non-hydrogen) atoms. The smallest absolute Gasteiger partial charge is 0.333 e. The quantitative estimate of drug-likeness (QED) is 0.251. The molecule has 0 saturated carbocycles. The van der Waals surface area contributed by atoms with Crippen molar-refractivity contribution in [3.8, 4) is 0 Å². The Morgan fingerprint density at radius 2 is 1.41 bits per heavy atom. The Morgan fingerprint density at radius 1 is 0.862 bits per heavy atom. The Kier molecular flexibility index (Phi) is 6.85. The molecular formula is C26H27NO2. The lowest BCUT2D eigenvalue weighted by Crippen LogP contribution is -2.10. The molecule has 0 aliphatic carbocycles. The van der Waals surface area contributed by atoms with E-state index in [0.717, 1.165) is 29.9 Å². The van der Waals surface area contributed by atoms with E-state index < -0.39 is 0 Å². The van der Waals surface area contributed by atoms with Gasteiger partial charge in [0.1, 0.15) is 0 Å². The number of esters is 1. The molecule has 3 nitrogen and oxygen atoms in total. The average molecular weight is 386 g/mol. The molecule has 0 spiro atoms. The zero-order valence-electron chi connectivity index (χ0n) is 17.1. The first-order valence-electron chi connectivity index (χ1n) is 9.88. The van der Waals surface area contributed by atoms with Crippen molar-refractivity contribution in [3.63, 3.8) is 0 Å². The zero-order valence-corrected chi connectivity index (χ0v) is 17.1. The summed E-state index contributed by atoms with van der Waals surface area (Å²) in [6.07, 6.45) is 1.65. The number of carbonyl (C=O) groups excluding carboxylic acids is 1. The highest BCUT2D eigenvalue weighted by atomic mass is 16.5. The first kappa shape index (κ1) is 20.4. The minimum absolute atomic E-state index is 0.322. The van der Waals surface area contributed by atoms with Crippen LogP contribution in [0.4, 0.5) is 17.1 Å². The molecule has 0 radical (unpaired) electrons. The van der Waals surface area contributed by atoms with Crippen molar-refractivity contribution in [2.45, 2.75) is 26.7 Å². The Morgan fingerprint density at radius 3 is 2.00 bits per heavy atom.